The molecule has 0 bridgehead atoms. The molecule has 0 saturated heterocycles. The first-order chi connectivity index (χ1) is 16.6. The van der Waals surface area contributed by atoms with E-state index in [9.17, 15) is 4.79 Å². The molecule has 3 heterocycles. The van der Waals surface area contributed by atoms with Crippen LogP contribution >= 0.6 is 11.6 Å². The van der Waals surface area contributed by atoms with Crippen LogP contribution < -0.4 is 15.5 Å². The summed E-state index contributed by atoms with van der Waals surface area (Å²) >= 11 is 6.33. The molecule has 2 N–H and O–H groups in total. The summed E-state index contributed by atoms with van der Waals surface area (Å²) in [5.74, 6) is 0.885. The van der Waals surface area contributed by atoms with E-state index in [2.05, 4.69) is 25.7 Å². The molecule has 10 heteroatoms. The number of allylic oxidation sites excluding steroid dienone is 1. The third-order valence-electron chi connectivity index (χ3n) is 5.87. The van der Waals surface area contributed by atoms with Crippen molar-refractivity contribution in [3.63, 3.8) is 0 Å². The molecule has 34 heavy (non-hydrogen) atoms. The number of hydrogen-bond donors (Lipinski definition) is 2. The maximum absolute atomic E-state index is 12.7. The Hall–Kier alpha value is -3.43. The lowest BCUT2D eigenvalue weighted by atomic mass is 9.94. The number of aromatic nitrogens is 4. The molecule has 0 atom stereocenters. The van der Waals surface area contributed by atoms with Crippen molar-refractivity contribution in [3.8, 4) is 0 Å². The van der Waals surface area contributed by atoms with Gasteiger partial charge in [0.25, 0.3) is 5.91 Å². The Morgan fingerprint density at radius 3 is 2.82 bits per heavy atom. The molecule has 1 aliphatic carbocycles. The minimum atomic E-state index is 0.0293. The molecule has 2 aliphatic rings. The Morgan fingerprint density at radius 1 is 1.15 bits per heavy atom. The van der Waals surface area contributed by atoms with Gasteiger partial charge in [0.2, 0.25) is 5.95 Å². The fraction of sp³-hybridized carbons (Fsp3) is 0.333. The van der Waals surface area contributed by atoms with Gasteiger partial charge in [0.15, 0.2) is 5.82 Å². The molecular weight excluding hydrogens is 454 g/mol. The molecule has 176 valence electrons. The van der Waals surface area contributed by atoms with Crippen LogP contribution in [0.25, 0.3) is 0 Å². The van der Waals surface area contributed by atoms with Crippen LogP contribution in [-0.4, -0.2) is 39.4 Å². The first kappa shape index (κ1) is 22.4. The first-order valence-electron chi connectivity index (χ1n) is 11.4. The molecule has 1 saturated carbocycles. The Labute approximate surface area is 202 Å². The van der Waals surface area contributed by atoms with E-state index in [1.54, 1.807) is 22.9 Å². The van der Waals surface area contributed by atoms with Crippen LogP contribution in [0.5, 0.6) is 0 Å². The lowest BCUT2D eigenvalue weighted by Crippen LogP contribution is -2.11. The molecule has 0 radical (unpaired) electrons. The molecule has 1 fully saturated rings. The van der Waals surface area contributed by atoms with Crippen LogP contribution in [0.1, 0.15) is 32.1 Å². The predicted octanol–water partition coefficient (Wildman–Crippen LogP) is 5.33. The van der Waals surface area contributed by atoms with Crippen LogP contribution in [0.2, 0.25) is 5.02 Å². The fourth-order valence-corrected chi connectivity index (χ4v) is 4.21. The average Bonchev–Trinajstić information content (AvgIpc) is 3.39. The summed E-state index contributed by atoms with van der Waals surface area (Å²) in [4.78, 5) is 23.2. The molecule has 2 aromatic heterocycles. The van der Waals surface area contributed by atoms with Crippen molar-refractivity contribution in [1.29, 1.82) is 0 Å². The zero-order valence-electron chi connectivity index (χ0n) is 18.9. The maximum atomic E-state index is 12.7. The largest absolute Gasteiger partial charge is 0.383 e. The second kappa shape index (κ2) is 9.82. The Morgan fingerprint density at radius 2 is 2.00 bits per heavy atom. The van der Waals surface area contributed by atoms with Crippen molar-refractivity contribution >= 4 is 52.0 Å². The first-order valence-corrected chi connectivity index (χ1v) is 11.7. The molecule has 1 aromatic carbocycles. The number of carbonyl (C=O) groups is 1. The number of benzene rings is 1. The molecule has 1 aliphatic heterocycles. The molecule has 0 unspecified atom stereocenters. The van der Waals surface area contributed by atoms with E-state index < -0.39 is 0 Å². The summed E-state index contributed by atoms with van der Waals surface area (Å²) in [6, 6.07) is 5.76. The van der Waals surface area contributed by atoms with Crippen LogP contribution in [-0.2, 0) is 16.1 Å². The van der Waals surface area contributed by atoms with Gasteiger partial charge < -0.3 is 15.4 Å². The van der Waals surface area contributed by atoms with Crippen molar-refractivity contribution in [1.82, 2.24) is 19.7 Å². The van der Waals surface area contributed by atoms with Gasteiger partial charge in [0.05, 0.1) is 42.6 Å². The van der Waals surface area contributed by atoms with E-state index in [0.717, 1.165) is 35.6 Å². The van der Waals surface area contributed by atoms with E-state index >= 15 is 0 Å². The number of amides is 1. The number of ether oxygens (including phenoxy) is 1. The van der Waals surface area contributed by atoms with E-state index in [1.165, 1.54) is 31.0 Å². The van der Waals surface area contributed by atoms with Crippen molar-refractivity contribution in [3.05, 3.63) is 53.5 Å². The number of nitrogens with one attached hydrogen (secondary N) is 2. The van der Waals surface area contributed by atoms with E-state index in [4.69, 9.17) is 16.3 Å². The predicted molar refractivity (Wildman–Crippen MR) is 132 cm³/mol. The molecule has 1 amide bonds. The van der Waals surface area contributed by atoms with Crippen LogP contribution in [0.15, 0.2) is 48.4 Å². The number of methoxy groups -OCH3 is 1. The average molecular weight is 480 g/mol. The van der Waals surface area contributed by atoms with E-state index in [1.807, 2.05) is 30.5 Å². The lowest BCUT2D eigenvalue weighted by Gasteiger charge is -2.12. The maximum Gasteiger partial charge on any atom is 0.255 e. The Bertz CT molecular complexity index is 1230. The summed E-state index contributed by atoms with van der Waals surface area (Å²) < 4.78 is 6.85. The topological polar surface area (TPSA) is 97.0 Å². The summed E-state index contributed by atoms with van der Waals surface area (Å²) in [7, 11) is 1.65. The Kier molecular flexibility index (Phi) is 6.46. The summed E-state index contributed by atoms with van der Waals surface area (Å²) in [6.45, 7) is 1.23. The quantitative estimate of drug-likeness (QED) is 0.333. The van der Waals surface area contributed by atoms with Gasteiger partial charge in [-0.3, -0.25) is 14.4 Å². The smallest absolute Gasteiger partial charge is 0.255 e. The number of carbonyl (C=O) groups excluding carboxylic acids is 1. The van der Waals surface area contributed by atoms with Crippen LogP contribution in [0.4, 0.5) is 34.5 Å². The molecule has 3 aromatic rings. The number of halogens is 1. The third-order valence-corrected chi connectivity index (χ3v) is 6.15. The van der Waals surface area contributed by atoms with Crippen molar-refractivity contribution < 1.29 is 9.53 Å². The summed E-state index contributed by atoms with van der Waals surface area (Å²) in [6.07, 6.45) is 12.6. The van der Waals surface area contributed by atoms with Gasteiger partial charge in [-0.15, -0.1) is 0 Å². The third kappa shape index (κ3) is 5.05. The number of nitrogens with zero attached hydrogens (tertiary/aromatic N) is 5. The molecule has 9 nitrogen and oxygen atoms in total. The number of hydrogen-bond acceptors (Lipinski definition) is 7. The van der Waals surface area contributed by atoms with Crippen LogP contribution in [0, 0.1) is 0 Å². The second-order valence-corrected chi connectivity index (χ2v) is 8.77. The van der Waals surface area contributed by atoms with Crippen molar-refractivity contribution in [2.24, 2.45) is 0 Å². The highest BCUT2D eigenvalue weighted by Crippen LogP contribution is 2.50. The Balaban J connectivity index is 1.25. The van der Waals surface area contributed by atoms with Crippen LogP contribution in [0.3, 0.4) is 0 Å². The van der Waals surface area contributed by atoms with Gasteiger partial charge in [0.1, 0.15) is 5.02 Å². The fourth-order valence-electron chi connectivity index (χ4n) is 4.07. The molecule has 0 spiro atoms. The zero-order chi connectivity index (χ0) is 23.5. The van der Waals surface area contributed by atoms with Crippen molar-refractivity contribution in [2.45, 2.75) is 38.6 Å². The monoisotopic (exact) mass is 479 g/mol. The van der Waals surface area contributed by atoms with Gasteiger partial charge in [-0.05, 0) is 43.9 Å². The summed E-state index contributed by atoms with van der Waals surface area (Å²) in [5, 5.41) is 11.0. The van der Waals surface area contributed by atoms with Crippen molar-refractivity contribution in [2.75, 3.05) is 29.3 Å². The van der Waals surface area contributed by atoms with Gasteiger partial charge in [-0.25, -0.2) is 4.98 Å². The lowest BCUT2D eigenvalue weighted by molar-refractivity contribution is -0.113. The highest BCUT2D eigenvalue weighted by Gasteiger charge is 2.34. The highest BCUT2D eigenvalue weighted by molar-refractivity contribution is 6.33. The van der Waals surface area contributed by atoms with Gasteiger partial charge in [-0.2, -0.15) is 10.1 Å². The van der Waals surface area contributed by atoms with Gasteiger partial charge in [0, 0.05) is 25.1 Å². The number of rotatable bonds is 8. The minimum Gasteiger partial charge on any atom is -0.383 e. The second-order valence-electron chi connectivity index (χ2n) is 8.37. The SMILES string of the molecule is COCCn1cc(Nc2ncc(Cl)c(Nc3ccc4c(c3)N4C(=O)C=C3CCCCC3)n2)cn1. The molecular formula is C24H26ClN7O2. The summed E-state index contributed by atoms with van der Waals surface area (Å²) in [5.41, 5.74) is 4.64. The number of fused-ring (bicyclic) bond motifs is 1. The molecule has 5 rings (SSSR count). The highest BCUT2D eigenvalue weighted by atomic mass is 35.5. The van der Waals surface area contributed by atoms with Gasteiger partial charge in [-0.1, -0.05) is 23.6 Å². The zero-order valence-corrected chi connectivity index (χ0v) is 19.7. The minimum absolute atomic E-state index is 0.0293. The van der Waals surface area contributed by atoms with Gasteiger partial charge >= 0.3 is 0 Å². The number of anilines is 6. The normalized spacial score (nSPS) is 14.5. The van der Waals surface area contributed by atoms with E-state index in [0.29, 0.717) is 29.9 Å². The van der Waals surface area contributed by atoms with E-state index in [-0.39, 0.29) is 5.91 Å². The standard InChI is InChI=1S/C24H26ClN7O2/c1-34-10-9-31-15-18(13-27-31)29-24-26-14-19(25)23(30-24)28-17-7-8-20-21(12-17)32(20)22(33)11-16-5-3-2-4-6-16/h7-8,11-15H,2-6,9-10H2,1H3,(H2,26,28,29,30).